The molecule has 2 aromatic rings. The number of rotatable bonds is 5. The van der Waals surface area contributed by atoms with E-state index in [-0.39, 0.29) is 11.8 Å². The number of hydrogen-bond acceptors (Lipinski definition) is 6. The first-order valence-electron chi connectivity index (χ1n) is 9.13. The number of thiazole rings is 1. The third-order valence-electron chi connectivity index (χ3n) is 4.85. The van der Waals surface area contributed by atoms with Gasteiger partial charge in [-0.1, -0.05) is 18.2 Å². The Hall–Kier alpha value is -2.45. The van der Waals surface area contributed by atoms with E-state index in [0.29, 0.717) is 32.7 Å². The Morgan fingerprint density at radius 1 is 1.22 bits per heavy atom. The fraction of sp³-hybridized carbons (Fsp3) is 0.421. The number of hydrogen-bond donors (Lipinski definition) is 1. The van der Waals surface area contributed by atoms with E-state index in [1.54, 1.807) is 16.2 Å². The number of amides is 2. The molecule has 8 heteroatoms. The van der Waals surface area contributed by atoms with Crippen LogP contribution in [0.5, 0.6) is 0 Å². The van der Waals surface area contributed by atoms with Gasteiger partial charge in [0.2, 0.25) is 11.8 Å². The largest absolute Gasteiger partial charge is 0.378 e. The number of para-hydroxylation sites is 1. The Labute approximate surface area is 161 Å². The van der Waals surface area contributed by atoms with Gasteiger partial charge in [0.1, 0.15) is 5.92 Å². The predicted molar refractivity (Wildman–Crippen MR) is 104 cm³/mol. The summed E-state index contributed by atoms with van der Waals surface area (Å²) in [6.07, 6.45) is 0.537. The minimum absolute atomic E-state index is 0.133. The lowest BCUT2D eigenvalue weighted by Crippen LogP contribution is -2.37. The summed E-state index contributed by atoms with van der Waals surface area (Å²) in [5.74, 6) is -0.979. The minimum Gasteiger partial charge on any atom is -0.378 e. The maximum atomic E-state index is 12.6. The van der Waals surface area contributed by atoms with Crippen molar-refractivity contribution in [3.8, 4) is 0 Å². The van der Waals surface area contributed by atoms with Gasteiger partial charge in [-0.15, -0.1) is 11.3 Å². The van der Waals surface area contributed by atoms with E-state index in [0.717, 1.165) is 29.6 Å². The summed E-state index contributed by atoms with van der Waals surface area (Å²) >= 11 is 1.57. The highest BCUT2D eigenvalue weighted by molar-refractivity contribution is 7.13. The molecule has 1 N–H and O–H groups in total. The average molecular weight is 386 g/mol. The normalized spacial score (nSPS) is 20.1. The first-order chi connectivity index (χ1) is 13.2. The van der Waals surface area contributed by atoms with Crippen molar-refractivity contribution in [2.24, 2.45) is 5.92 Å². The molecule has 2 aliphatic heterocycles. The number of nitrogens with zero attached hydrogens (tertiary/aromatic N) is 3. The van der Waals surface area contributed by atoms with Crippen molar-refractivity contribution in [3.05, 3.63) is 41.4 Å². The van der Waals surface area contributed by atoms with Crippen molar-refractivity contribution in [2.45, 2.75) is 13.0 Å². The number of carbonyl (C=O) groups is 2. The maximum absolute atomic E-state index is 12.6. The zero-order chi connectivity index (χ0) is 18.6. The summed E-state index contributed by atoms with van der Waals surface area (Å²) in [4.78, 5) is 33.6. The molecule has 1 aromatic carbocycles. The molecule has 0 aliphatic carbocycles. The molecule has 1 atom stereocenters. The number of anilines is 2. The molecule has 2 saturated heterocycles. The molecule has 1 aromatic heterocycles. The predicted octanol–water partition coefficient (Wildman–Crippen LogP) is 1.65. The van der Waals surface area contributed by atoms with Crippen molar-refractivity contribution in [3.63, 3.8) is 0 Å². The smallest absolute Gasteiger partial charge is 0.239 e. The molecule has 4 rings (SSSR count). The molecule has 2 aliphatic rings. The van der Waals surface area contributed by atoms with Gasteiger partial charge in [-0.05, 0) is 18.6 Å². The summed E-state index contributed by atoms with van der Waals surface area (Å²) in [5.41, 5.74) is 1.66. The summed E-state index contributed by atoms with van der Waals surface area (Å²) < 4.78 is 5.36. The van der Waals surface area contributed by atoms with Gasteiger partial charge in [-0.25, -0.2) is 4.98 Å². The van der Waals surface area contributed by atoms with Gasteiger partial charge in [0, 0.05) is 30.7 Å². The van der Waals surface area contributed by atoms with Crippen molar-refractivity contribution in [1.29, 1.82) is 0 Å². The molecule has 0 radical (unpaired) electrons. The van der Waals surface area contributed by atoms with Gasteiger partial charge >= 0.3 is 0 Å². The van der Waals surface area contributed by atoms with E-state index in [1.807, 2.05) is 35.7 Å². The van der Waals surface area contributed by atoms with Gasteiger partial charge in [0.05, 0.1) is 25.5 Å². The Balaban J connectivity index is 1.32. The molecule has 142 valence electrons. The van der Waals surface area contributed by atoms with E-state index in [2.05, 4.69) is 15.2 Å². The molecular formula is C19H22N4O3S. The highest BCUT2D eigenvalue weighted by Gasteiger charge is 2.37. The number of morpholine rings is 1. The second kappa shape index (κ2) is 8.06. The number of carbonyl (C=O) groups excluding carboxylic acids is 2. The van der Waals surface area contributed by atoms with E-state index < -0.39 is 5.92 Å². The monoisotopic (exact) mass is 386 g/mol. The molecule has 7 nitrogen and oxygen atoms in total. The highest BCUT2D eigenvalue weighted by atomic mass is 32.1. The van der Waals surface area contributed by atoms with Crippen molar-refractivity contribution < 1.29 is 14.3 Å². The number of nitrogens with one attached hydrogen (secondary N) is 1. The van der Waals surface area contributed by atoms with Crippen molar-refractivity contribution >= 4 is 34.0 Å². The van der Waals surface area contributed by atoms with Crippen LogP contribution in [0.4, 0.5) is 10.8 Å². The summed E-state index contributed by atoms with van der Waals surface area (Å²) in [6, 6.07) is 9.48. The molecule has 2 amide bonds. The molecule has 2 fully saturated rings. The Bertz CT molecular complexity index is 804. The molecule has 27 heavy (non-hydrogen) atoms. The summed E-state index contributed by atoms with van der Waals surface area (Å²) in [5, 5.41) is 5.78. The second-order valence-electron chi connectivity index (χ2n) is 6.61. The lowest BCUT2D eigenvalue weighted by atomic mass is 10.1. The third-order valence-corrected chi connectivity index (χ3v) is 5.81. The van der Waals surface area contributed by atoms with E-state index in [9.17, 15) is 9.59 Å². The maximum Gasteiger partial charge on any atom is 0.239 e. The number of benzene rings is 1. The molecular weight excluding hydrogens is 364 g/mol. The van der Waals surface area contributed by atoms with Gasteiger partial charge < -0.3 is 19.9 Å². The molecule has 0 spiro atoms. The number of aromatic nitrogens is 1. The van der Waals surface area contributed by atoms with Crippen LogP contribution in [0.2, 0.25) is 0 Å². The van der Waals surface area contributed by atoms with Crippen LogP contribution in [-0.2, 0) is 20.9 Å². The fourth-order valence-corrected chi connectivity index (χ4v) is 4.24. The number of ether oxygens (including phenoxy) is 1. The second-order valence-corrected chi connectivity index (χ2v) is 7.44. The van der Waals surface area contributed by atoms with Gasteiger partial charge in [-0.2, -0.15) is 0 Å². The van der Waals surface area contributed by atoms with Crippen LogP contribution in [0.1, 0.15) is 12.1 Å². The first kappa shape index (κ1) is 17.9. The van der Waals surface area contributed by atoms with Crippen LogP contribution in [0.3, 0.4) is 0 Å². The molecule has 3 heterocycles. The zero-order valence-corrected chi connectivity index (χ0v) is 15.8. The average Bonchev–Trinajstić information content (AvgIpc) is 3.34. The van der Waals surface area contributed by atoms with E-state index in [4.69, 9.17) is 4.74 Å². The van der Waals surface area contributed by atoms with Crippen LogP contribution >= 0.6 is 11.3 Å². The first-order valence-corrected chi connectivity index (χ1v) is 10.0. The van der Waals surface area contributed by atoms with Crippen LogP contribution < -0.4 is 15.1 Å². The van der Waals surface area contributed by atoms with Crippen LogP contribution in [-0.4, -0.2) is 49.6 Å². The Morgan fingerprint density at radius 2 is 2.00 bits per heavy atom. The van der Waals surface area contributed by atoms with Crippen LogP contribution in [0.25, 0.3) is 0 Å². The van der Waals surface area contributed by atoms with Gasteiger partial charge in [0.15, 0.2) is 5.13 Å². The Kier molecular flexibility index (Phi) is 5.35. The standard InChI is InChI=1S/C19H22N4O3S/c24-17(16-6-7-23(18(16)25)15-4-2-1-3-5-15)20-12-14-13-27-19(21-14)22-8-10-26-11-9-22/h1-5,13,16H,6-12H2,(H,20,24)/t16-/m0/s1. The van der Waals surface area contributed by atoms with Crippen LogP contribution in [0.15, 0.2) is 35.7 Å². The van der Waals surface area contributed by atoms with Gasteiger partial charge in [-0.3, -0.25) is 9.59 Å². The summed E-state index contributed by atoms with van der Waals surface area (Å²) in [6.45, 7) is 4.02. The minimum atomic E-state index is -0.623. The van der Waals surface area contributed by atoms with Crippen LogP contribution in [0, 0.1) is 5.92 Å². The lowest BCUT2D eigenvalue weighted by Gasteiger charge is -2.26. The summed E-state index contributed by atoms with van der Waals surface area (Å²) in [7, 11) is 0. The molecule has 0 unspecified atom stereocenters. The molecule has 0 saturated carbocycles. The SMILES string of the molecule is O=C(NCc1csc(N2CCOCC2)n1)[C@@H]1CCN(c2ccccc2)C1=O. The quantitative estimate of drug-likeness (QED) is 0.791. The van der Waals surface area contributed by atoms with Crippen molar-refractivity contribution in [1.82, 2.24) is 10.3 Å². The van der Waals surface area contributed by atoms with E-state index >= 15 is 0 Å². The van der Waals surface area contributed by atoms with Crippen molar-refractivity contribution in [2.75, 3.05) is 42.6 Å². The molecule has 0 bridgehead atoms. The lowest BCUT2D eigenvalue weighted by molar-refractivity contribution is -0.132. The highest BCUT2D eigenvalue weighted by Crippen LogP contribution is 2.25. The fourth-order valence-electron chi connectivity index (χ4n) is 3.37. The topological polar surface area (TPSA) is 74.8 Å². The third kappa shape index (κ3) is 3.96. The zero-order valence-electron chi connectivity index (χ0n) is 15.0. The Morgan fingerprint density at radius 3 is 2.78 bits per heavy atom. The van der Waals surface area contributed by atoms with Gasteiger partial charge in [0.25, 0.3) is 0 Å². The van der Waals surface area contributed by atoms with E-state index in [1.165, 1.54) is 0 Å².